The van der Waals surface area contributed by atoms with Gasteiger partial charge in [-0.15, -0.1) is 0 Å². The molecule has 0 aliphatic heterocycles. The number of rotatable bonds is 6. The number of hydrogen-bond donors (Lipinski definition) is 2. The third-order valence-corrected chi connectivity index (χ3v) is 1.77. The summed E-state index contributed by atoms with van der Waals surface area (Å²) in [5, 5.41) is 11.7. The molecule has 0 saturated carbocycles. The van der Waals surface area contributed by atoms with Gasteiger partial charge < -0.3 is 10.4 Å². The number of carbonyl (C=O) groups is 1. The minimum absolute atomic E-state index is 0.176. The monoisotopic (exact) mass is 211 g/mol. The predicted molar refractivity (Wildman–Crippen MR) is 49.5 cm³/mol. The Hall–Kier alpha value is -0.250. The summed E-state index contributed by atoms with van der Waals surface area (Å²) in [6.45, 7) is 1.12. The van der Waals surface area contributed by atoms with Gasteiger partial charge in [-0.25, -0.2) is 0 Å². The second-order valence-electron chi connectivity index (χ2n) is 2.23. The summed E-state index contributed by atoms with van der Waals surface area (Å²) < 4.78 is 0. The fourth-order valence-electron chi connectivity index (χ4n) is 0.611. The minimum atomic E-state index is -0.782. The Balaban J connectivity index is 3.16. The van der Waals surface area contributed by atoms with Crippen molar-refractivity contribution in [1.29, 1.82) is 0 Å². The van der Waals surface area contributed by atoms with Crippen LogP contribution >= 0.6 is 23.2 Å². The first-order chi connectivity index (χ1) is 5.66. The second-order valence-corrected chi connectivity index (χ2v) is 2.93. The Bertz CT molecular complexity index is 171. The zero-order chi connectivity index (χ0) is 9.40. The molecule has 0 unspecified atom stereocenters. The van der Waals surface area contributed by atoms with E-state index in [1.165, 1.54) is 5.54 Å². The molecule has 5 heteroatoms. The van der Waals surface area contributed by atoms with Crippen LogP contribution in [-0.4, -0.2) is 24.2 Å². The highest BCUT2D eigenvalue weighted by atomic mass is 35.5. The molecule has 12 heavy (non-hydrogen) atoms. The van der Waals surface area contributed by atoms with Gasteiger partial charge in [0.1, 0.15) is 0 Å². The summed E-state index contributed by atoms with van der Waals surface area (Å²) in [5.41, 5.74) is 1.28. The maximum atomic E-state index is 10.1. The fraction of sp³-hybridized carbons (Fsp3) is 0.571. The van der Waals surface area contributed by atoms with Gasteiger partial charge in [0.15, 0.2) is 0 Å². The van der Waals surface area contributed by atoms with E-state index in [4.69, 9.17) is 28.3 Å². The zero-order valence-electron chi connectivity index (χ0n) is 6.52. The van der Waals surface area contributed by atoms with Crippen molar-refractivity contribution in [2.45, 2.75) is 12.8 Å². The summed E-state index contributed by atoms with van der Waals surface area (Å²) in [6, 6.07) is 0. The Morgan fingerprint density at radius 3 is 2.75 bits per heavy atom. The summed E-state index contributed by atoms with van der Waals surface area (Å²) >= 11 is 10.8. The first kappa shape index (κ1) is 11.8. The van der Waals surface area contributed by atoms with Crippen molar-refractivity contribution in [2.24, 2.45) is 0 Å². The van der Waals surface area contributed by atoms with Crippen LogP contribution in [-0.2, 0) is 4.79 Å². The lowest BCUT2D eigenvalue weighted by molar-refractivity contribution is -0.137. The molecule has 0 radical (unpaired) electrons. The molecule has 70 valence electrons. The molecule has 0 atom stereocenters. The molecule has 0 spiro atoms. The fourth-order valence-corrected chi connectivity index (χ4v) is 0.783. The molecule has 3 nitrogen and oxygen atoms in total. The van der Waals surface area contributed by atoms with Crippen molar-refractivity contribution in [3.05, 3.63) is 10.6 Å². The van der Waals surface area contributed by atoms with E-state index < -0.39 is 5.97 Å². The van der Waals surface area contributed by atoms with Gasteiger partial charge in [0.25, 0.3) is 0 Å². The molecule has 0 aromatic carbocycles. The zero-order valence-corrected chi connectivity index (χ0v) is 8.03. The molecule has 0 aliphatic carbocycles. The summed E-state index contributed by atoms with van der Waals surface area (Å²) in [5.74, 6) is -0.782. The van der Waals surface area contributed by atoms with Crippen LogP contribution in [0.25, 0.3) is 0 Å². The largest absolute Gasteiger partial charge is 0.481 e. The lowest BCUT2D eigenvalue weighted by atomic mass is 10.3. The highest BCUT2D eigenvalue weighted by Crippen LogP contribution is 2.00. The van der Waals surface area contributed by atoms with E-state index in [1.807, 2.05) is 0 Å². The number of hydrogen-bond acceptors (Lipinski definition) is 2. The molecule has 0 amide bonds. The standard InChI is InChI=1S/C7H11Cl2NO2/c8-4-6(9)5-10-3-1-2-7(11)12/h4,10H,1-3,5H2,(H,11,12). The summed E-state index contributed by atoms with van der Waals surface area (Å²) in [7, 11) is 0. The molecular weight excluding hydrogens is 201 g/mol. The molecule has 0 aromatic rings. The van der Waals surface area contributed by atoms with E-state index in [2.05, 4.69) is 5.32 Å². The van der Waals surface area contributed by atoms with Gasteiger partial charge in [0.05, 0.1) is 0 Å². The van der Waals surface area contributed by atoms with Crippen LogP contribution in [0.3, 0.4) is 0 Å². The molecule has 0 aromatic heterocycles. The lowest BCUT2D eigenvalue weighted by Gasteiger charge is -2.00. The summed E-state index contributed by atoms with van der Waals surface area (Å²) in [6.07, 6.45) is 0.775. The van der Waals surface area contributed by atoms with Crippen LogP contribution in [0.15, 0.2) is 10.6 Å². The smallest absolute Gasteiger partial charge is 0.303 e. The van der Waals surface area contributed by atoms with Crippen LogP contribution in [0.5, 0.6) is 0 Å². The number of nitrogens with one attached hydrogen (secondary N) is 1. The Kier molecular flexibility index (Phi) is 7.25. The van der Waals surface area contributed by atoms with Gasteiger partial charge in [-0.05, 0) is 13.0 Å². The lowest BCUT2D eigenvalue weighted by Crippen LogP contribution is -2.17. The topological polar surface area (TPSA) is 49.3 Å². The van der Waals surface area contributed by atoms with Gasteiger partial charge in [-0.3, -0.25) is 4.79 Å². The Morgan fingerprint density at radius 2 is 2.25 bits per heavy atom. The number of halogens is 2. The quantitative estimate of drug-likeness (QED) is 0.659. The van der Waals surface area contributed by atoms with Gasteiger partial charge in [0.2, 0.25) is 0 Å². The van der Waals surface area contributed by atoms with Gasteiger partial charge in [-0.1, -0.05) is 23.2 Å². The molecule has 0 rings (SSSR count). The Labute approximate surface area is 81.4 Å². The van der Waals surface area contributed by atoms with Gasteiger partial charge in [0, 0.05) is 23.5 Å². The third-order valence-electron chi connectivity index (χ3n) is 1.16. The van der Waals surface area contributed by atoms with Crippen LogP contribution in [0.2, 0.25) is 0 Å². The van der Waals surface area contributed by atoms with Crippen molar-refractivity contribution in [1.82, 2.24) is 5.32 Å². The maximum Gasteiger partial charge on any atom is 0.303 e. The molecule has 0 bridgehead atoms. The first-order valence-electron chi connectivity index (χ1n) is 3.54. The molecule has 0 aliphatic rings. The molecule has 0 heterocycles. The highest BCUT2D eigenvalue weighted by Gasteiger charge is 1.95. The van der Waals surface area contributed by atoms with Crippen molar-refractivity contribution >= 4 is 29.2 Å². The van der Waals surface area contributed by atoms with E-state index in [0.29, 0.717) is 24.5 Å². The average molecular weight is 212 g/mol. The Morgan fingerprint density at radius 1 is 1.58 bits per heavy atom. The van der Waals surface area contributed by atoms with E-state index in [9.17, 15) is 4.79 Å². The van der Waals surface area contributed by atoms with Crippen LogP contribution in [0.1, 0.15) is 12.8 Å². The van der Waals surface area contributed by atoms with E-state index in [-0.39, 0.29) is 6.42 Å². The maximum absolute atomic E-state index is 10.1. The first-order valence-corrected chi connectivity index (χ1v) is 4.35. The molecular formula is C7H11Cl2NO2. The van der Waals surface area contributed by atoms with Crippen molar-refractivity contribution < 1.29 is 9.90 Å². The SMILES string of the molecule is O=C(O)CCCNCC(Cl)=CCl. The van der Waals surface area contributed by atoms with Gasteiger partial charge in [-0.2, -0.15) is 0 Å². The normalized spacial score (nSPS) is 11.7. The van der Waals surface area contributed by atoms with Crippen molar-refractivity contribution in [3.8, 4) is 0 Å². The van der Waals surface area contributed by atoms with Crippen molar-refractivity contribution in [2.75, 3.05) is 13.1 Å². The second kappa shape index (κ2) is 7.40. The van der Waals surface area contributed by atoms with Crippen LogP contribution in [0.4, 0.5) is 0 Å². The van der Waals surface area contributed by atoms with E-state index in [0.717, 1.165) is 0 Å². The predicted octanol–water partition coefficient (Wildman–Crippen LogP) is 1.76. The molecule has 0 fully saturated rings. The van der Waals surface area contributed by atoms with Crippen LogP contribution < -0.4 is 5.32 Å². The third kappa shape index (κ3) is 7.85. The van der Waals surface area contributed by atoms with Crippen molar-refractivity contribution in [3.63, 3.8) is 0 Å². The molecule has 2 N–H and O–H groups in total. The average Bonchev–Trinajstić information content (AvgIpc) is 2.03. The van der Waals surface area contributed by atoms with E-state index in [1.54, 1.807) is 0 Å². The highest BCUT2D eigenvalue weighted by molar-refractivity contribution is 6.36. The van der Waals surface area contributed by atoms with Gasteiger partial charge >= 0.3 is 5.97 Å². The number of aliphatic carboxylic acids is 1. The van der Waals surface area contributed by atoms with E-state index >= 15 is 0 Å². The summed E-state index contributed by atoms with van der Waals surface area (Å²) in [4.78, 5) is 10.1. The van der Waals surface area contributed by atoms with Crippen LogP contribution in [0, 0.1) is 0 Å². The minimum Gasteiger partial charge on any atom is -0.481 e. The molecule has 0 saturated heterocycles. The number of carboxylic acids is 1. The number of carboxylic acid groups (broad SMARTS) is 1.